The van der Waals surface area contributed by atoms with Gasteiger partial charge in [0, 0.05) is 18.8 Å². The molecular weight excluding hydrogens is 276 g/mol. The molecule has 0 spiro atoms. The first-order valence-corrected chi connectivity index (χ1v) is 7.67. The van der Waals surface area contributed by atoms with Gasteiger partial charge in [-0.1, -0.05) is 25.1 Å². The van der Waals surface area contributed by atoms with Gasteiger partial charge in [-0.2, -0.15) is 0 Å². The lowest BCUT2D eigenvalue weighted by Gasteiger charge is -2.31. The predicted octanol–water partition coefficient (Wildman–Crippen LogP) is 2.97. The third-order valence-corrected chi connectivity index (χ3v) is 3.90. The van der Waals surface area contributed by atoms with E-state index in [1.165, 1.54) is 12.8 Å². The van der Waals surface area contributed by atoms with Crippen LogP contribution in [-0.2, 0) is 0 Å². The van der Waals surface area contributed by atoms with Gasteiger partial charge in [-0.25, -0.2) is 0 Å². The number of nitrogens with zero attached hydrogens (tertiary/aromatic N) is 3. The highest BCUT2D eigenvalue weighted by Gasteiger charge is 2.18. The Labute approximate surface area is 130 Å². The second-order valence-electron chi connectivity index (χ2n) is 5.79. The highest BCUT2D eigenvalue weighted by molar-refractivity contribution is 6.02. The molecule has 1 N–H and O–H groups in total. The number of para-hydroxylation sites is 1. The van der Waals surface area contributed by atoms with Gasteiger partial charge < -0.3 is 10.2 Å². The molecule has 1 aromatic heterocycles. The summed E-state index contributed by atoms with van der Waals surface area (Å²) in [5.41, 5.74) is 1.08. The molecule has 1 aromatic carbocycles. The molecule has 1 aliphatic rings. The van der Waals surface area contributed by atoms with Crippen molar-refractivity contribution >= 4 is 17.4 Å². The van der Waals surface area contributed by atoms with Gasteiger partial charge in [0.15, 0.2) is 11.5 Å². The Kier molecular flexibility index (Phi) is 4.32. The van der Waals surface area contributed by atoms with Crippen LogP contribution < -0.4 is 10.2 Å². The third-order valence-electron chi connectivity index (χ3n) is 3.90. The maximum Gasteiger partial charge on any atom is 0.276 e. The monoisotopic (exact) mass is 296 g/mol. The summed E-state index contributed by atoms with van der Waals surface area (Å²) < 4.78 is 0. The molecule has 22 heavy (non-hydrogen) atoms. The van der Waals surface area contributed by atoms with Crippen molar-refractivity contribution in [3.63, 3.8) is 0 Å². The predicted molar refractivity (Wildman–Crippen MR) is 87.0 cm³/mol. The number of benzene rings is 1. The molecule has 1 aliphatic heterocycles. The molecule has 0 radical (unpaired) electrons. The Morgan fingerprint density at radius 3 is 2.68 bits per heavy atom. The summed E-state index contributed by atoms with van der Waals surface area (Å²) >= 11 is 0. The fraction of sp³-hybridized carbons (Fsp3) is 0.353. The molecule has 5 nitrogen and oxygen atoms in total. The van der Waals surface area contributed by atoms with E-state index < -0.39 is 0 Å². The van der Waals surface area contributed by atoms with E-state index in [1.54, 1.807) is 6.07 Å². The van der Waals surface area contributed by atoms with Crippen LogP contribution in [0.3, 0.4) is 0 Å². The van der Waals surface area contributed by atoms with Crippen molar-refractivity contribution in [3.8, 4) is 0 Å². The first kappa shape index (κ1) is 14.5. The summed E-state index contributed by atoms with van der Waals surface area (Å²) in [6.07, 6.45) is 2.45. The number of hydrogen-bond donors (Lipinski definition) is 1. The van der Waals surface area contributed by atoms with Crippen molar-refractivity contribution < 1.29 is 4.79 Å². The number of anilines is 2. The van der Waals surface area contributed by atoms with Gasteiger partial charge in [-0.05, 0) is 43.0 Å². The van der Waals surface area contributed by atoms with Gasteiger partial charge in [0.25, 0.3) is 5.91 Å². The molecule has 0 aliphatic carbocycles. The van der Waals surface area contributed by atoms with E-state index in [2.05, 4.69) is 27.3 Å². The second-order valence-corrected chi connectivity index (χ2v) is 5.79. The Morgan fingerprint density at radius 2 is 2.00 bits per heavy atom. The molecule has 0 bridgehead atoms. The Bertz CT molecular complexity index is 627. The zero-order valence-corrected chi connectivity index (χ0v) is 12.7. The number of piperidine rings is 1. The number of rotatable bonds is 3. The molecule has 0 saturated carbocycles. The Balaban J connectivity index is 1.67. The van der Waals surface area contributed by atoms with Crippen LogP contribution >= 0.6 is 0 Å². The quantitative estimate of drug-likeness (QED) is 0.946. The summed E-state index contributed by atoms with van der Waals surface area (Å²) in [5, 5.41) is 11.1. The third kappa shape index (κ3) is 3.42. The minimum atomic E-state index is -0.239. The van der Waals surface area contributed by atoms with E-state index in [0.717, 1.165) is 24.6 Å². The van der Waals surface area contributed by atoms with Crippen LogP contribution in [-0.4, -0.2) is 29.2 Å². The van der Waals surface area contributed by atoms with Crippen LogP contribution in [0.4, 0.5) is 11.5 Å². The maximum atomic E-state index is 12.1. The lowest BCUT2D eigenvalue weighted by Crippen LogP contribution is -2.35. The van der Waals surface area contributed by atoms with Crippen LogP contribution in [0.1, 0.15) is 30.3 Å². The highest BCUT2D eigenvalue weighted by Crippen LogP contribution is 2.20. The number of aromatic nitrogens is 2. The van der Waals surface area contributed by atoms with E-state index in [-0.39, 0.29) is 5.91 Å². The molecule has 1 amide bonds. The minimum absolute atomic E-state index is 0.239. The molecule has 1 unspecified atom stereocenters. The first-order chi connectivity index (χ1) is 10.7. The second kappa shape index (κ2) is 6.56. The molecule has 2 aromatic rings. The fourth-order valence-corrected chi connectivity index (χ4v) is 2.73. The Hall–Kier alpha value is -2.43. The van der Waals surface area contributed by atoms with Gasteiger partial charge in [0.05, 0.1) is 0 Å². The molecule has 114 valence electrons. The fourth-order valence-electron chi connectivity index (χ4n) is 2.73. The van der Waals surface area contributed by atoms with E-state index in [1.807, 2.05) is 36.4 Å². The average Bonchev–Trinajstić information content (AvgIpc) is 2.56. The largest absolute Gasteiger partial charge is 0.355 e. The average molecular weight is 296 g/mol. The highest BCUT2D eigenvalue weighted by atomic mass is 16.1. The smallest absolute Gasteiger partial charge is 0.276 e. The van der Waals surface area contributed by atoms with E-state index in [9.17, 15) is 4.79 Å². The van der Waals surface area contributed by atoms with Crippen molar-refractivity contribution in [2.45, 2.75) is 19.8 Å². The van der Waals surface area contributed by atoms with Crippen molar-refractivity contribution in [1.82, 2.24) is 10.2 Å². The van der Waals surface area contributed by atoms with E-state index in [4.69, 9.17) is 0 Å². The molecule has 5 heteroatoms. The minimum Gasteiger partial charge on any atom is -0.355 e. The standard InChI is InChI=1S/C17H20N4O/c1-13-6-5-11-21(12-13)16-10-9-15(19-20-16)17(22)18-14-7-3-2-4-8-14/h2-4,7-10,13H,5-6,11-12H2,1H3,(H,18,22). The van der Waals surface area contributed by atoms with Gasteiger partial charge >= 0.3 is 0 Å². The van der Waals surface area contributed by atoms with Crippen LogP contribution in [0.15, 0.2) is 42.5 Å². The van der Waals surface area contributed by atoms with Crippen molar-refractivity contribution in [3.05, 3.63) is 48.2 Å². The molecule has 2 heterocycles. The SMILES string of the molecule is CC1CCCN(c2ccc(C(=O)Nc3ccccc3)nn2)C1. The molecule has 1 atom stereocenters. The van der Waals surface area contributed by atoms with Crippen molar-refractivity contribution in [2.24, 2.45) is 5.92 Å². The first-order valence-electron chi connectivity index (χ1n) is 7.67. The van der Waals surface area contributed by atoms with Crippen LogP contribution in [0.5, 0.6) is 0 Å². The summed E-state index contributed by atoms with van der Waals surface area (Å²) in [4.78, 5) is 14.4. The normalized spacial score (nSPS) is 18.0. The summed E-state index contributed by atoms with van der Waals surface area (Å²) in [6, 6.07) is 13.0. The molecular formula is C17H20N4O. The van der Waals surface area contributed by atoms with Crippen LogP contribution in [0.2, 0.25) is 0 Å². The zero-order chi connectivity index (χ0) is 15.4. The summed E-state index contributed by atoms with van der Waals surface area (Å²) in [6.45, 7) is 4.26. The number of carbonyl (C=O) groups is 1. The van der Waals surface area contributed by atoms with E-state index >= 15 is 0 Å². The van der Waals surface area contributed by atoms with Gasteiger partial charge in [-0.15, -0.1) is 10.2 Å². The lowest BCUT2D eigenvalue weighted by atomic mass is 10.0. The van der Waals surface area contributed by atoms with Crippen molar-refractivity contribution in [1.29, 1.82) is 0 Å². The topological polar surface area (TPSA) is 58.1 Å². The van der Waals surface area contributed by atoms with Gasteiger partial charge in [-0.3, -0.25) is 4.79 Å². The van der Waals surface area contributed by atoms with Crippen LogP contribution in [0.25, 0.3) is 0 Å². The van der Waals surface area contributed by atoms with E-state index in [0.29, 0.717) is 11.6 Å². The lowest BCUT2D eigenvalue weighted by molar-refractivity contribution is 0.102. The van der Waals surface area contributed by atoms with Crippen molar-refractivity contribution in [2.75, 3.05) is 23.3 Å². The summed E-state index contributed by atoms with van der Waals surface area (Å²) in [5.74, 6) is 1.29. The summed E-state index contributed by atoms with van der Waals surface area (Å²) in [7, 11) is 0. The zero-order valence-electron chi connectivity index (χ0n) is 12.7. The molecule has 1 saturated heterocycles. The number of carbonyl (C=O) groups excluding carboxylic acids is 1. The maximum absolute atomic E-state index is 12.1. The molecule has 1 fully saturated rings. The Morgan fingerprint density at radius 1 is 1.18 bits per heavy atom. The number of amides is 1. The van der Waals surface area contributed by atoms with Gasteiger partial charge in [0.1, 0.15) is 0 Å². The number of hydrogen-bond acceptors (Lipinski definition) is 4. The molecule has 3 rings (SSSR count). The van der Waals surface area contributed by atoms with Crippen LogP contribution in [0, 0.1) is 5.92 Å². The number of nitrogens with one attached hydrogen (secondary N) is 1. The van der Waals surface area contributed by atoms with Gasteiger partial charge in [0.2, 0.25) is 0 Å².